The second kappa shape index (κ2) is 3.62. The van der Waals surface area contributed by atoms with Crippen molar-refractivity contribution in [1.82, 2.24) is 0 Å². The highest BCUT2D eigenvalue weighted by atomic mass is 32.1. The summed E-state index contributed by atoms with van der Waals surface area (Å²) in [6.45, 7) is -0.0457. The van der Waals surface area contributed by atoms with E-state index in [0.29, 0.717) is 5.56 Å². The van der Waals surface area contributed by atoms with Crippen molar-refractivity contribution in [3.8, 4) is 6.07 Å². The van der Waals surface area contributed by atoms with Crippen molar-refractivity contribution in [3.63, 3.8) is 0 Å². The average Bonchev–Trinajstić information content (AvgIpc) is 2.63. The van der Waals surface area contributed by atoms with E-state index in [1.54, 1.807) is 11.4 Å². The molecule has 1 aromatic heterocycles. The Morgan fingerprint density at radius 1 is 1.50 bits per heavy atom. The van der Waals surface area contributed by atoms with Gasteiger partial charge in [0.15, 0.2) is 0 Å². The molecule has 0 aliphatic rings. The zero-order valence-electron chi connectivity index (χ0n) is 7.19. The smallest absolute Gasteiger partial charge is 0.101 e. The Morgan fingerprint density at radius 3 is 2.93 bits per heavy atom. The van der Waals surface area contributed by atoms with Gasteiger partial charge in [0, 0.05) is 20.4 Å². The monoisotopic (exact) mass is 221 g/mol. The summed E-state index contributed by atoms with van der Waals surface area (Å²) in [6.07, 6.45) is 0. The number of aliphatic hydroxyl groups excluding tert-OH is 1. The fraction of sp³-hybridized carbons (Fsp3) is 0.100. The van der Waals surface area contributed by atoms with Crippen molar-refractivity contribution in [3.05, 3.63) is 28.6 Å². The van der Waals surface area contributed by atoms with Crippen molar-refractivity contribution < 1.29 is 5.11 Å². The van der Waals surface area contributed by atoms with Gasteiger partial charge < -0.3 is 5.11 Å². The molecular formula is C10H7NOS2. The van der Waals surface area contributed by atoms with Gasteiger partial charge in [-0.05, 0) is 11.6 Å². The molecule has 0 fully saturated rings. The van der Waals surface area contributed by atoms with E-state index in [1.807, 2.05) is 6.07 Å². The molecule has 0 saturated heterocycles. The zero-order chi connectivity index (χ0) is 10.1. The van der Waals surface area contributed by atoms with E-state index < -0.39 is 0 Å². The van der Waals surface area contributed by atoms with Crippen LogP contribution in [-0.4, -0.2) is 5.11 Å². The van der Waals surface area contributed by atoms with Crippen LogP contribution in [0.25, 0.3) is 10.1 Å². The molecule has 2 nitrogen and oxygen atoms in total. The lowest BCUT2D eigenvalue weighted by Crippen LogP contribution is -1.85. The van der Waals surface area contributed by atoms with Gasteiger partial charge in [-0.2, -0.15) is 5.26 Å². The van der Waals surface area contributed by atoms with Gasteiger partial charge in [-0.25, -0.2) is 0 Å². The van der Waals surface area contributed by atoms with Gasteiger partial charge >= 0.3 is 0 Å². The van der Waals surface area contributed by atoms with Gasteiger partial charge in [0.2, 0.25) is 0 Å². The van der Waals surface area contributed by atoms with Crippen LogP contribution in [0.15, 0.2) is 22.4 Å². The number of fused-ring (bicyclic) bond motifs is 1. The van der Waals surface area contributed by atoms with E-state index in [0.717, 1.165) is 20.5 Å². The number of nitrogens with zero attached hydrogens (tertiary/aromatic N) is 1. The lowest BCUT2D eigenvalue weighted by Gasteiger charge is -2.01. The van der Waals surface area contributed by atoms with Crippen molar-refractivity contribution in [1.29, 1.82) is 5.26 Å². The lowest BCUT2D eigenvalue weighted by molar-refractivity contribution is 0.283. The Hall–Kier alpha value is -1.02. The minimum atomic E-state index is -0.0457. The molecule has 0 saturated carbocycles. The molecule has 0 atom stereocenters. The summed E-state index contributed by atoms with van der Waals surface area (Å²) in [7, 11) is 0. The second-order valence-corrected chi connectivity index (χ2v) is 4.23. The Kier molecular flexibility index (Phi) is 2.46. The molecule has 1 heterocycles. The van der Waals surface area contributed by atoms with Crippen LogP contribution < -0.4 is 0 Å². The van der Waals surface area contributed by atoms with E-state index in [1.165, 1.54) is 11.3 Å². The molecular weight excluding hydrogens is 214 g/mol. The molecule has 1 N–H and O–H groups in total. The topological polar surface area (TPSA) is 44.0 Å². The third-order valence-electron chi connectivity index (χ3n) is 2.08. The Balaban J connectivity index is 2.90. The zero-order valence-corrected chi connectivity index (χ0v) is 8.90. The number of thiophene rings is 1. The standard InChI is InChI=1S/C10H7NOS2/c11-3-7-5-14-10-8(13)2-1-6(4-12)9(7)10/h1-2,5,12-13H,4H2. The summed E-state index contributed by atoms with van der Waals surface area (Å²) in [6, 6.07) is 5.76. The van der Waals surface area contributed by atoms with Crippen LogP contribution in [0.5, 0.6) is 0 Å². The van der Waals surface area contributed by atoms with E-state index in [2.05, 4.69) is 18.7 Å². The molecule has 4 heteroatoms. The Morgan fingerprint density at radius 2 is 2.29 bits per heavy atom. The minimum Gasteiger partial charge on any atom is -0.392 e. The molecule has 2 aromatic rings. The van der Waals surface area contributed by atoms with Crippen LogP contribution in [0.2, 0.25) is 0 Å². The maximum absolute atomic E-state index is 9.14. The van der Waals surface area contributed by atoms with Crippen LogP contribution in [0, 0.1) is 11.3 Å². The van der Waals surface area contributed by atoms with Crippen LogP contribution >= 0.6 is 24.0 Å². The lowest BCUT2D eigenvalue weighted by atomic mass is 10.1. The van der Waals surface area contributed by atoms with Gasteiger partial charge in [-0.3, -0.25) is 0 Å². The van der Waals surface area contributed by atoms with Crippen LogP contribution in [0.1, 0.15) is 11.1 Å². The summed E-state index contributed by atoms with van der Waals surface area (Å²) in [5, 5.41) is 20.7. The molecule has 0 spiro atoms. The molecule has 0 amide bonds. The molecule has 0 aliphatic heterocycles. The van der Waals surface area contributed by atoms with Crippen LogP contribution in [-0.2, 0) is 6.61 Å². The SMILES string of the molecule is N#Cc1csc2c(S)ccc(CO)c12. The van der Waals surface area contributed by atoms with Crippen molar-refractivity contribution in [2.45, 2.75) is 11.5 Å². The van der Waals surface area contributed by atoms with Crippen LogP contribution in [0.3, 0.4) is 0 Å². The third-order valence-corrected chi connectivity index (χ3v) is 3.62. The number of aliphatic hydroxyl groups is 1. The first-order valence-corrected chi connectivity index (χ1v) is 5.33. The van der Waals surface area contributed by atoms with Gasteiger partial charge in [-0.15, -0.1) is 24.0 Å². The van der Waals surface area contributed by atoms with Crippen LogP contribution in [0.4, 0.5) is 0 Å². The first-order valence-electron chi connectivity index (χ1n) is 4.01. The summed E-state index contributed by atoms with van der Waals surface area (Å²) in [5.41, 5.74) is 1.40. The quantitative estimate of drug-likeness (QED) is 0.727. The number of rotatable bonds is 1. The summed E-state index contributed by atoms with van der Waals surface area (Å²) < 4.78 is 0.969. The highest BCUT2D eigenvalue weighted by molar-refractivity contribution is 7.80. The molecule has 0 unspecified atom stereocenters. The van der Waals surface area contributed by atoms with Crippen molar-refractivity contribution in [2.75, 3.05) is 0 Å². The molecule has 0 aliphatic carbocycles. The first-order chi connectivity index (χ1) is 6.77. The summed E-state index contributed by atoms with van der Waals surface area (Å²) >= 11 is 5.79. The molecule has 0 bridgehead atoms. The molecule has 70 valence electrons. The summed E-state index contributed by atoms with van der Waals surface area (Å²) in [5.74, 6) is 0. The average molecular weight is 221 g/mol. The first kappa shape index (κ1) is 9.53. The second-order valence-electron chi connectivity index (χ2n) is 2.87. The van der Waals surface area contributed by atoms with Gasteiger partial charge in [0.05, 0.1) is 12.2 Å². The van der Waals surface area contributed by atoms with Crippen molar-refractivity contribution in [2.24, 2.45) is 0 Å². The van der Waals surface area contributed by atoms with E-state index in [-0.39, 0.29) is 6.61 Å². The van der Waals surface area contributed by atoms with E-state index in [9.17, 15) is 0 Å². The molecule has 2 rings (SSSR count). The highest BCUT2D eigenvalue weighted by Gasteiger charge is 2.10. The minimum absolute atomic E-state index is 0.0457. The van der Waals surface area contributed by atoms with Gasteiger partial charge in [0.1, 0.15) is 6.07 Å². The maximum atomic E-state index is 9.14. The number of thiol groups is 1. The predicted molar refractivity (Wildman–Crippen MR) is 59.7 cm³/mol. The van der Waals surface area contributed by atoms with Crippen molar-refractivity contribution >= 4 is 34.1 Å². The molecule has 0 radical (unpaired) electrons. The molecule has 1 aromatic carbocycles. The van der Waals surface area contributed by atoms with E-state index >= 15 is 0 Å². The number of nitriles is 1. The fourth-order valence-corrected chi connectivity index (χ4v) is 2.72. The predicted octanol–water partition coefficient (Wildman–Crippen LogP) is 2.55. The highest BCUT2D eigenvalue weighted by Crippen LogP contribution is 2.33. The number of hydrogen-bond donors (Lipinski definition) is 2. The Bertz CT molecular complexity index is 525. The third kappa shape index (κ3) is 1.30. The van der Waals surface area contributed by atoms with Gasteiger partial charge in [-0.1, -0.05) is 6.07 Å². The Labute approximate surface area is 90.8 Å². The normalized spacial score (nSPS) is 10.4. The van der Waals surface area contributed by atoms with E-state index in [4.69, 9.17) is 10.4 Å². The number of benzene rings is 1. The van der Waals surface area contributed by atoms with Gasteiger partial charge in [0.25, 0.3) is 0 Å². The largest absolute Gasteiger partial charge is 0.392 e. The maximum Gasteiger partial charge on any atom is 0.101 e. The fourth-order valence-electron chi connectivity index (χ4n) is 1.42. The summed E-state index contributed by atoms with van der Waals surface area (Å²) in [4.78, 5) is 0.851. The number of hydrogen-bond acceptors (Lipinski definition) is 4. The molecule has 14 heavy (non-hydrogen) atoms.